The Bertz CT molecular complexity index is 904. The van der Waals surface area contributed by atoms with Gasteiger partial charge in [-0.3, -0.25) is 4.79 Å². The van der Waals surface area contributed by atoms with Crippen LogP contribution >= 0.6 is 11.8 Å². The third kappa shape index (κ3) is 3.23. The van der Waals surface area contributed by atoms with Gasteiger partial charge in [0.2, 0.25) is 0 Å². The molecule has 0 N–H and O–H groups in total. The molecule has 1 fully saturated rings. The van der Waals surface area contributed by atoms with Crippen molar-refractivity contribution in [2.75, 3.05) is 12.9 Å². The van der Waals surface area contributed by atoms with Crippen LogP contribution < -0.4 is 4.74 Å². The Morgan fingerprint density at radius 3 is 2.89 bits per heavy atom. The lowest BCUT2D eigenvalue weighted by Gasteiger charge is -2.37. The number of nitrogens with zero attached hydrogens (tertiary/aromatic N) is 5. The number of rotatable bonds is 5. The van der Waals surface area contributed by atoms with Crippen LogP contribution in [0.3, 0.4) is 0 Å². The van der Waals surface area contributed by atoms with Crippen molar-refractivity contribution in [3.8, 4) is 11.6 Å². The van der Waals surface area contributed by atoms with E-state index in [0.717, 1.165) is 0 Å². The molecule has 0 spiro atoms. The van der Waals surface area contributed by atoms with E-state index in [2.05, 4.69) is 15.1 Å². The van der Waals surface area contributed by atoms with Gasteiger partial charge in [-0.1, -0.05) is 18.2 Å². The van der Waals surface area contributed by atoms with Crippen LogP contribution in [0.25, 0.3) is 5.82 Å². The van der Waals surface area contributed by atoms with E-state index in [-0.39, 0.29) is 18.5 Å². The highest BCUT2D eigenvalue weighted by Gasteiger charge is 2.49. The van der Waals surface area contributed by atoms with Gasteiger partial charge in [0, 0.05) is 6.42 Å². The molecule has 4 rings (SSSR count). The minimum Gasteiger partial charge on any atom is -0.491 e. The van der Waals surface area contributed by atoms with Crippen LogP contribution in [0.4, 0.5) is 8.78 Å². The SMILES string of the molecule is CCOc1cnn(-c2nc(SC)nc3c2C(=O)N(C2CCCCC2(F)F)C3)c1. The number of fused-ring (bicyclic) bond motifs is 1. The molecule has 1 aliphatic carbocycles. The second-order valence-electron chi connectivity index (χ2n) is 6.86. The average Bonchev–Trinajstić information content (AvgIpc) is 3.26. The Balaban J connectivity index is 1.75. The van der Waals surface area contributed by atoms with E-state index in [1.165, 1.54) is 27.5 Å². The van der Waals surface area contributed by atoms with Crippen molar-refractivity contribution in [1.29, 1.82) is 0 Å². The van der Waals surface area contributed by atoms with E-state index >= 15 is 0 Å². The van der Waals surface area contributed by atoms with Crippen molar-refractivity contribution in [3.05, 3.63) is 23.7 Å². The number of aromatic nitrogens is 4. The number of carbonyl (C=O) groups excluding carboxylic acids is 1. The summed E-state index contributed by atoms with van der Waals surface area (Å²) in [5.74, 6) is -2.51. The van der Waals surface area contributed by atoms with Crippen molar-refractivity contribution in [1.82, 2.24) is 24.6 Å². The van der Waals surface area contributed by atoms with Gasteiger partial charge in [-0.2, -0.15) is 5.10 Å². The van der Waals surface area contributed by atoms with Crippen LogP contribution in [0.5, 0.6) is 5.75 Å². The Hall–Kier alpha value is -2.23. The lowest BCUT2D eigenvalue weighted by atomic mass is 9.90. The smallest absolute Gasteiger partial charge is 0.268 e. The second-order valence-corrected chi connectivity index (χ2v) is 7.64. The molecule has 150 valence electrons. The molecule has 2 aromatic rings. The molecule has 1 amide bonds. The number of carbonyl (C=O) groups is 1. The highest BCUT2D eigenvalue weighted by atomic mass is 32.2. The van der Waals surface area contributed by atoms with Gasteiger partial charge < -0.3 is 9.64 Å². The molecule has 1 atom stereocenters. The van der Waals surface area contributed by atoms with Crippen LogP contribution in [0.15, 0.2) is 17.6 Å². The maximum atomic E-state index is 14.5. The fraction of sp³-hybridized carbons (Fsp3) is 0.556. The van der Waals surface area contributed by atoms with Crippen molar-refractivity contribution in [2.45, 2.75) is 56.3 Å². The summed E-state index contributed by atoms with van der Waals surface area (Å²) in [6, 6.07) is -1.11. The predicted octanol–water partition coefficient (Wildman–Crippen LogP) is 3.32. The summed E-state index contributed by atoms with van der Waals surface area (Å²) in [7, 11) is 0. The molecule has 10 heteroatoms. The summed E-state index contributed by atoms with van der Waals surface area (Å²) >= 11 is 1.33. The van der Waals surface area contributed by atoms with E-state index in [1.54, 1.807) is 6.20 Å². The van der Waals surface area contributed by atoms with E-state index in [4.69, 9.17) is 4.74 Å². The molecular formula is C18H21F2N5O2S. The first-order chi connectivity index (χ1) is 13.4. The number of thioether (sulfide) groups is 1. The normalized spacial score (nSPS) is 21.1. The Morgan fingerprint density at radius 1 is 1.36 bits per heavy atom. The largest absolute Gasteiger partial charge is 0.491 e. The van der Waals surface area contributed by atoms with E-state index < -0.39 is 17.9 Å². The van der Waals surface area contributed by atoms with Gasteiger partial charge in [-0.05, 0) is 26.0 Å². The fourth-order valence-corrected chi connectivity index (χ4v) is 4.19. The second kappa shape index (κ2) is 7.31. The van der Waals surface area contributed by atoms with Crippen LogP contribution in [-0.2, 0) is 6.54 Å². The number of hydrogen-bond acceptors (Lipinski definition) is 6. The molecule has 0 saturated heterocycles. The standard InChI is InChI=1S/C18H21F2N5O2S/c1-3-27-11-8-21-25(9-11)15-14-12(22-17(23-15)28-2)10-24(16(14)26)13-6-4-5-7-18(13,19)20/h8-9,13H,3-7,10H2,1-2H3. The van der Waals surface area contributed by atoms with Gasteiger partial charge >= 0.3 is 0 Å². The lowest BCUT2D eigenvalue weighted by molar-refractivity contribution is -0.0969. The minimum absolute atomic E-state index is 0.0666. The van der Waals surface area contributed by atoms with E-state index in [0.29, 0.717) is 48.3 Å². The lowest BCUT2D eigenvalue weighted by Crippen LogP contribution is -2.49. The number of amides is 1. The molecule has 1 saturated carbocycles. The molecule has 2 aromatic heterocycles. The Kier molecular flexibility index (Phi) is 4.98. The monoisotopic (exact) mass is 409 g/mol. The minimum atomic E-state index is -2.89. The van der Waals surface area contributed by atoms with E-state index in [1.807, 2.05) is 13.2 Å². The Morgan fingerprint density at radius 2 is 2.18 bits per heavy atom. The zero-order valence-corrected chi connectivity index (χ0v) is 16.5. The van der Waals surface area contributed by atoms with Crippen molar-refractivity contribution in [2.24, 2.45) is 0 Å². The van der Waals surface area contributed by atoms with Crippen LogP contribution in [0, 0.1) is 0 Å². The van der Waals surface area contributed by atoms with Crippen molar-refractivity contribution >= 4 is 17.7 Å². The maximum absolute atomic E-state index is 14.5. The van der Waals surface area contributed by atoms with Gasteiger partial charge in [0.05, 0.1) is 37.3 Å². The molecule has 2 aliphatic rings. The molecule has 1 aliphatic heterocycles. The van der Waals surface area contributed by atoms with Crippen LogP contribution in [0.1, 0.15) is 48.7 Å². The number of hydrogen-bond donors (Lipinski definition) is 0. The molecule has 28 heavy (non-hydrogen) atoms. The highest BCUT2D eigenvalue weighted by Crippen LogP contribution is 2.40. The number of halogens is 2. The summed E-state index contributed by atoms with van der Waals surface area (Å²) in [4.78, 5) is 23.3. The maximum Gasteiger partial charge on any atom is 0.268 e. The Labute approximate surface area is 165 Å². The summed E-state index contributed by atoms with van der Waals surface area (Å²) in [6.45, 7) is 2.40. The van der Waals surface area contributed by atoms with E-state index in [9.17, 15) is 13.6 Å². The molecule has 1 unspecified atom stereocenters. The number of alkyl halides is 2. The summed E-state index contributed by atoms with van der Waals surface area (Å²) in [5, 5.41) is 4.70. The molecular weight excluding hydrogens is 388 g/mol. The molecule has 3 heterocycles. The predicted molar refractivity (Wildman–Crippen MR) is 99.2 cm³/mol. The zero-order valence-electron chi connectivity index (χ0n) is 15.7. The molecule has 0 bridgehead atoms. The third-order valence-corrected chi connectivity index (χ3v) is 5.66. The molecule has 0 aromatic carbocycles. The summed E-state index contributed by atoms with van der Waals surface area (Å²) < 4.78 is 35.9. The zero-order chi connectivity index (χ0) is 19.9. The quantitative estimate of drug-likeness (QED) is 0.557. The average molecular weight is 409 g/mol. The summed E-state index contributed by atoms with van der Waals surface area (Å²) in [5.41, 5.74) is 0.708. The third-order valence-electron chi connectivity index (χ3n) is 5.11. The molecule has 0 radical (unpaired) electrons. The van der Waals surface area contributed by atoms with Crippen molar-refractivity contribution < 1.29 is 18.3 Å². The first kappa shape index (κ1) is 19.1. The highest BCUT2D eigenvalue weighted by molar-refractivity contribution is 7.98. The molecule has 7 nitrogen and oxygen atoms in total. The van der Waals surface area contributed by atoms with Crippen LogP contribution in [-0.4, -0.2) is 55.4 Å². The van der Waals surface area contributed by atoms with Gasteiger partial charge in [0.25, 0.3) is 11.8 Å². The van der Waals surface area contributed by atoms with Gasteiger partial charge in [0.1, 0.15) is 5.56 Å². The van der Waals surface area contributed by atoms with Gasteiger partial charge in [0.15, 0.2) is 16.7 Å². The van der Waals surface area contributed by atoms with Gasteiger partial charge in [-0.25, -0.2) is 23.4 Å². The topological polar surface area (TPSA) is 73.1 Å². The fourth-order valence-electron chi connectivity index (χ4n) is 3.81. The summed E-state index contributed by atoms with van der Waals surface area (Å²) in [6.07, 6.45) is 6.25. The first-order valence-electron chi connectivity index (χ1n) is 9.26. The van der Waals surface area contributed by atoms with Gasteiger partial charge in [-0.15, -0.1) is 0 Å². The first-order valence-corrected chi connectivity index (χ1v) is 10.5. The van der Waals surface area contributed by atoms with Crippen LogP contribution in [0.2, 0.25) is 0 Å². The van der Waals surface area contributed by atoms with Crippen molar-refractivity contribution in [3.63, 3.8) is 0 Å². The number of ether oxygens (including phenoxy) is 1.